The number of methoxy groups -OCH3 is 1. The molecule has 0 aliphatic carbocycles. The van der Waals surface area contributed by atoms with Gasteiger partial charge in [-0.25, -0.2) is 9.78 Å². The van der Waals surface area contributed by atoms with Crippen LogP contribution in [0.5, 0.6) is 0 Å². The minimum Gasteiger partial charge on any atom is -0.464 e. The van der Waals surface area contributed by atoms with Gasteiger partial charge in [0.2, 0.25) is 0 Å². The molecule has 0 aliphatic rings. The Hall–Kier alpha value is -2.70. The number of hydrogen-bond acceptors (Lipinski definition) is 7. The number of nitrogen functional groups attached to an aromatic ring is 1. The minimum absolute atomic E-state index is 0.193. The molecular formula is C12H13N5O2. The van der Waals surface area contributed by atoms with E-state index in [1.807, 2.05) is 6.07 Å². The number of nitrogens with zero attached hydrogens (tertiary/aromatic N) is 3. The van der Waals surface area contributed by atoms with Crippen molar-refractivity contribution in [1.82, 2.24) is 15.2 Å². The quantitative estimate of drug-likeness (QED) is 0.784. The Morgan fingerprint density at radius 2 is 2.26 bits per heavy atom. The van der Waals surface area contributed by atoms with Crippen molar-refractivity contribution in [2.45, 2.75) is 6.54 Å². The lowest BCUT2D eigenvalue weighted by atomic mass is 10.3. The molecule has 0 bridgehead atoms. The van der Waals surface area contributed by atoms with Crippen LogP contribution in [0.3, 0.4) is 0 Å². The van der Waals surface area contributed by atoms with Crippen molar-refractivity contribution < 1.29 is 9.53 Å². The highest BCUT2D eigenvalue weighted by Gasteiger charge is 2.10. The van der Waals surface area contributed by atoms with Crippen LogP contribution >= 0.6 is 0 Å². The average Bonchev–Trinajstić information content (AvgIpc) is 2.46. The summed E-state index contributed by atoms with van der Waals surface area (Å²) in [6.45, 7) is 0.412. The molecule has 98 valence electrons. The number of esters is 1. The van der Waals surface area contributed by atoms with E-state index in [9.17, 15) is 4.79 Å². The number of carbonyl (C=O) groups excluding carboxylic acids is 1. The number of rotatable bonds is 4. The summed E-state index contributed by atoms with van der Waals surface area (Å²) in [7, 11) is 1.30. The topological polar surface area (TPSA) is 103 Å². The van der Waals surface area contributed by atoms with E-state index in [1.54, 1.807) is 18.3 Å². The maximum Gasteiger partial charge on any atom is 0.356 e. The number of nitrogens with two attached hydrogens (primary N) is 1. The second kappa shape index (κ2) is 5.76. The number of pyridine rings is 1. The molecule has 0 aliphatic heterocycles. The van der Waals surface area contributed by atoms with Crippen molar-refractivity contribution >= 4 is 17.5 Å². The molecular weight excluding hydrogens is 246 g/mol. The van der Waals surface area contributed by atoms with Crippen molar-refractivity contribution in [2.75, 3.05) is 18.2 Å². The van der Waals surface area contributed by atoms with E-state index in [2.05, 4.69) is 25.2 Å². The second-order valence-electron chi connectivity index (χ2n) is 3.69. The molecule has 0 saturated carbocycles. The third-order valence-corrected chi connectivity index (χ3v) is 2.39. The number of nitrogens with one attached hydrogen (secondary N) is 1. The van der Waals surface area contributed by atoms with Gasteiger partial charge in [-0.1, -0.05) is 0 Å². The lowest BCUT2D eigenvalue weighted by Crippen LogP contribution is -2.10. The first kappa shape index (κ1) is 12.7. The Bertz CT molecular complexity index is 574. The molecule has 0 radical (unpaired) electrons. The van der Waals surface area contributed by atoms with Crippen LogP contribution in [-0.2, 0) is 11.3 Å². The number of hydrogen-bond donors (Lipinski definition) is 2. The van der Waals surface area contributed by atoms with Gasteiger partial charge in [0.25, 0.3) is 0 Å². The van der Waals surface area contributed by atoms with Crippen LogP contribution in [-0.4, -0.2) is 28.3 Å². The molecule has 0 unspecified atom stereocenters. The second-order valence-corrected chi connectivity index (χ2v) is 3.69. The summed E-state index contributed by atoms with van der Waals surface area (Å²) in [6.07, 6.45) is 1.59. The summed E-state index contributed by atoms with van der Waals surface area (Å²) in [5.74, 6) is -0.101. The average molecular weight is 259 g/mol. The molecule has 0 spiro atoms. The predicted octanol–water partition coefficient (Wildman–Crippen LogP) is 0.852. The number of carbonyl (C=O) groups is 1. The highest BCUT2D eigenvalue weighted by atomic mass is 16.5. The summed E-state index contributed by atoms with van der Waals surface area (Å²) in [6, 6.07) is 6.71. The number of anilines is 2. The summed E-state index contributed by atoms with van der Waals surface area (Å²) < 4.78 is 4.60. The first-order valence-corrected chi connectivity index (χ1v) is 5.56. The van der Waals surface area contributed by atoms with Crippen LogP contribution < -0.4 is 11.1 Å². The fourth-order valence-electron chi connectivity index (χ4n) is 1.43. The molecule has 0 aromatic carbocycles. The van der Waals surface area contributed by atoms with Crippen molar-refractivity contribution in [3.63, 3.8) is 0 Å². The van der Waals surface area contributed by atoms with Crippen LogP contribution in [0.15, 0.2) is 30.5 Å². The van der Waals surface area contributed by atoms with Gasteiger partial charge in [-0.2, -0.15) is 10.2 Å². The monoisotopic (exact) mass is 259 g/mol. The standard InChI is InChI=1S/C12H13N5O2/c1-19-12(18)10-5-4-9(13)11(16-10)14-7-8-3-2-6-15-17-8/h2-6H,7,13H2,1H3,(H,14,16). The van der Waals surface area contributed by atoms with Crippen molar-refractivity contribution in [2.24, 2.45) is 0 Å². The van der Waals surface area contributed by atoms with E-state index in [4.69, 9.17) is 5.73 Å². The SMILES string of the molecule is COC(=O)c1ccc(N)c(NCc2cccnn2)n1. The van der Waals surface area contributed by atoms with E-state index in [0.29, 0.717) is 18.1 Å². The summed E-state index contributed by atoms with van der Waals surface area (Å²) in [4.78, 5) is 15.5. The highest BCUT2D eigenvalue weighted by Crippen LogP contribution is 2.16. The summed E-state index contributed by atoms with van der Waals surface area (Å²) in [5.41, 5.74) is 7.16. The van der Waals surface area contributed by atoms with Gasteiger partial charge in [0.1, 0.15) is 0 Å². The van der Waals surface area contributed by atoms with E-state index in [0.717, 1.165) is 5.69 Å². The highest BCUT2D eigenvalue weighted by molar-refractivity contribution is 5.88. The molecule has 2 rings (SSSR count). The normalized spacial score (nSPS) is 9.95. The van der Waals surface area contributed by atoms with Crippen LogP contribution in [0.1, 0.15) is 16.2 Å². The summed E-state index contributed by atoms with van der Waals surface area (Å²) >= 11 is 0. The maximum atomic E-state index is 11.4. The van der Waals surface area contributed by atoms with Gasteiger partial charge in [-0.15, -0.1) is 0 Å². The molecule has 2 aromatic heterocycles. The Morgan fingerprint density at radius 1 is 1.42 bits per heavy atom. The molecule has 7 heteroatoms. The molecule has 2 aromatic rings. The van der Waals surface area contributed by atoms with Gasteiger partial charge >= 0.3 is 5.97 Å². The lowest BCUT2D eigenvalue weighted by molar-refractivity contribution is 0.0594. The molecule has 0 fully saturated rings. The van der Waals surface area contributed by atoms with E-state index in [-0.39, 0.29) is 5.69 Å². The fraction of sp³-hybridized carbons (Fsp3) is 0.167. The fourth-order valence-corrected chi connectivity index (χ4v) is 1.43. The smallest absolute Gasteiger partial charge is 0.356 e. The molecule has 7 nitrogen and oxygen atoms in total. The zero-order chi connectivity index (χ0) is 13.7. The molecule has 0 atom stereocenters. The van der Waals surface area contributed by atoms with Crippen molar-refractivity contribution in [3.05, 3.63) is 41.9 Å². The predicted molar refractivity (Wildman–Crippen MR) is 69.3 cm³/mol. The zero-order valence-electron chi connectivity index (χ0n) is 10.3. The van der Waals surface area contributed by atoms with E-state index < -0.39 is 5.97 Å². The Morgan fingerprint density at radius 3 is 2.95 bits per heavy atom. The van der Waals surface area contributed by atoms with Gasteiger partial charge in [0, 0.05) is 6.20 Å². The maximum absolute atomic E-state index is 11.4. The van der Waals surface area contributed by atoms with Crippen LogP contribution in [0, 0.1) is 0 Å². The van der Waals surface area contributed by atoms with Gasteiger partial charge < -0.3 is 15.8 Å². The zero-order valence-corrected chi connectivity index (χ0v) is 10.3. The third kappa shape index (κ3) is 3.15. The Balaban J connectivity index is 2.13. The van der Waals surface area contributed by atoms with Gasteiger partial charge in [0.15, 0.2) is 11.5 Å². The van der Waals surface area contributed by atoms with Crippen molar-refractivity contribution in [1.29, 1.82) is 0 Å². The molecule has 0 amide bonds. The number of ether oxygens (including phenoxy) is 1. The first-order chi connectivity index (χ1) is 9.20. The Kier molecular flexibility index (Phi) is 3.87. The van der Waals surface area contributed by atoms with Gasteiger partial charge in [-0.3, -0.25) is 0 Å². The van der Waals surface area contributed by atoms with Crippen LogP contribution in [0.25, 0.3) is 0 Å². The van der Waals surface area contributed by atoms with E-state index >= 15 is 0 Å². The van der Waals surface area contributed by atoms with Gasteiger partial charge in [0.05, 0.1) is 25.0 Å². The van der Waals surface area contributed by atoms with Crippen LogP contribution in [0.2, 0.25) is 0 Å². The van der Waals surface area contributed by atoms with E-state index in [1.165, 1.54) is 13.2 Å². The lowest BCUT2D eigenvalue weighted by Gasteiger charge is -2.08. The number of aromatic nitrogens is 3. The molecule has 19 heavy (non-hydrogen) atoms. The third-order valence-electron chi connectivity index (χ3n) is 2.39. The Labute approximate surface area is 109 Å². The van der Waals surface area contributed by atoms with Crippen molar-refractivity contribution in [3.8, 4) is 0 Å². The minimum atomic E-state index is -0.512. The van der Waals surface area contributed by atoms with Gasteiger partial charge in [-0.05, 0) is 24.3 Å². The summed E-state index contributed by atoms with van der Waals surface area (Å²) in [5, 5.41) is 10.7. The molecule has 3 N–H and O–H groups in total. The first-order valence-electron chi connectivity index (χ1n) is 5.56. The van der Waals surface area contributed by atoms with Crippen LogP contribution in [0.4, 0.5) is 11.5 Å². The largest absolute Gasteiger partial charge is 0.464 e. The molecule has 0 saturated heterocycles. The molecule has 2 heterocycles.